The van der Waals surface area contributed by atoms with E-state index < -0.39 is 6.03 Å². The third kappa shape index (κ3) is 7.16. The van der Waals surface area contributed by atoms with Gasteiger partial charge in [0.25, 0.3) is 0 Å². The standard InChI is InChI=1S/C19H28N8O3/c1-6-18(24-23-14(3)15(4)25-30-11-10-20)29-12-16-13(2)8-7-9-17(16)27(22)19(28)26(5)21/h7-9H,6,11-12,21-22H2,1-5H3/b23-14?,24-18?,25-15-. The second-order valence-corrected chi connectivity index (χ2v) is 6.27. The van der Waals surface area contributed by atoms with Gasteiger partial charge in [-0.1, -0.05) is 24.2 Å². The van der Waals surface area contributed by atoms with E-state index >= 15 is 0 Å². The van der Waals surface area contributed by atoms with E-state index in [1.807, 2.05) is 26.0 Å². The van der Waals surface area contributed by atoms with Crippen molar-refractivity contribution in [2.75, 3.05) is 18.7 Å². The molecule has 0 unspecified atom stereocenters. The van der Waals surface area contributed by atoms with Gasteiger partial charge in [-0.15, -0.1) is 5.10 Å². The molecule has 1 rings (SSSR count). The van der Waals surface area contributed by atoms with Crippen molar-refractivity contribution in [3.05, 3.63) is 29.3 Å². The van der Waals surface area contributed by atoms with Gasteiger partial charge in [-0.3, -0.25) is 5.01 Å². The number of hydrogen-bond acceptors (Lipinski definition) is 9. The normalized spacial score (nSPS) is 12.3. The number of ether oxygens (including phenoxy) is 1. The Morgan fingerprint density at radius 3 is 2.53 bits per heavy atom. The number of nitrogens with zero attached hydrogens (tertiary/aromatic N) is 6. The lowest BCUT2D eigenvalue weighted by atomic mass is 10.1. The molecule has 0 aliphatic carbocycles. The summed E-state index contributed by atoms with van der Waals surface area (Å²) < 4.78 is 5.81. The van der Waals surface area contributed by atoms with Gasteiger partial charge >= 0.3 is 6.03 Å². The molecule has 11 heteroatoms. The highest BCUT2D eigenvalue weighted by Gasteiger charge is 2.19. The molecule has 0 aliphatic rings. The van der Waals surface area contributed by atoms with Crippen molar-refractivity contribution in [1.82, 2.24) is 5.01 Å². The van der Waals surface area contributed by atoms with Crippen LogP contribution in [0.25, 0.3) is 0 Å². The predicted octanol–water partition coefficient (Wildman–Crippen LogP) is 2.22. The molecule has 30 heavy (non-hydrogen) atoms. The van der Waals surface area contributed by atoms with Gasteiger partial charge in [0.05, 0.1) is 17.1 Å². The molecule has 162 valence electrons. The first-order valence-electron chi connectivity index (χ1n) is 9.16. The van der Waals surface area contributed by atoms with E-state index in [1.54, 1.807) is 26.0 Å². The van der Waals surface area contributed by atoms with Crippen LogP contribution >= 0.6 is 0 Å². The van der Waals surface area contributed by atoms with E-state index in [0.717, 1.165) is 21.1 Å². The molecule has 1 aromatic carbocycles. The number of urea groups is 1. The highest BCUT2D eigenvalue weighted by atomic mass is 16.6. The number of aryl methyl sites for hydroxylation is 1. The molecule has 0 bridgehead atoms. The van der Waals surface area contributed by atoms with Crippen LogP contribution in [-0.4, -0.2) is 42.0 Å². The minimum atomic E-state index is -0.570. The van der Waals surface area contributed by atoms with Gasteiger partial charge in [-0.25, -0.2) is 21.5 Å². The Morgan fingerprint density at radius 2 is 1.93 bits per heavy atom. The second kappa shape index (κ2) is 12.2. The fourth-order valence-corrected chi connectivity index (χ4v) is 2.16. The molecule has 0 aliphatic heterocycles. The van der Waals surface area contributed by atoms with Gasteiger partial charge < -0.3 is 9.57 Å². The molecule has 0 atom stereocenters. The number of carbonyl (C=O) groups is 1. The van der Waals surface area contributed by atoms with Gasteiger partial charge in [0.15, 0.2) is 0 Å². The summed E-state index contributed by atoms with van der Waals surface area (Å²) in [5.74, 6) is 11.8. The van der Waals surface area contributed by atoms with Crippen molar-refractivity contribution in [2.45, 2.75) is 40.7 Å². The Balaban J connectivity index is 3.00. The summed E-state index contributed by atoms with van der Waals surface area (Å²) in [6, 6.07) is 6.64. The lowest BCUT2D eigenvalue weighted by Crippen LogP contribution is -2.49. The summed E-state index contributed by atoms with van der Waals surface area (Å²) in [6.45, 7) is 7.17. The number of nitriles is 1. The molecule has 2 amide bonds. The van der Waals surface area contributed by atoms with E-state index in [9.17, 15) is 4.79 Å². The summed E-state index contributed by atoms with van der Waals surface area (Å²) in [6.07, 6.45) is 0.496. The van der Waals surface area contributed by atoms with E-state index in [4.69, 9.17) is 26.5 Å². The zero-order valence-corrected chi connectivity index (χ0v) is 17.9. The highest BCUT2D eigenvalue weighted by Crippen LogP contribution is 2.23. The molecule has 0 saturated heterocycles. The molecular formula is C19H28N8O3. The zero-order chi connectivity index (χ0) is 22.7. The zero-order valence-electron chi connectivity index (χ0n) is 17.9. The molecule has 0 radical (unpaired) electrons. The summed E-state index contributed by atoms with van der Waals surface area (Å²) >= 11 is 0. The largest absolute Gasteiger partial charge is 0.475 e. The van der Waals surface area contributed by atoms with Gasteiger partial charge in [-0.05, 0) is 32.4 Å². The number of rotatable bonds is 8. The maximum Gasteiger partial charge on any atom is 0.352 e. The lowest BCUT2D eigenvalue weighted by molar-refractivity contribution is 0.179. The van der Waals surface area contributed by atoms with Crippen LogP contribution in [0.5, 0.6) is 0 Å². The van der Waals surface area contributed by atoms with Crippen LogP contribution in [0.2, 0.25) is 0 Å². The van der Waals surface area contributed by atoms with Crippen molar-refractivity contribution in [2.24, 2.45) is 27.0 Å². The van der Waals surface area contributed by atoms with Gasteiger partial charge in [0.2, 0.25) is 12.5 Å². The minimum absolute atomic E-state index is 0.136. The van der Waals surface area contributed by atoms with Crippen LogP contribution in [-0.2, 0) is 16.2 Å². The number of carbonyl (C=O) groups excluding carboxylic acids is 1. The quantitative estimate of drug-likeness (QED) is 0.165. The smallest absolute Gasteiger partial charge is 0.352 e. The maximum absolute atomic E-state index is 12.1. The van der Waals surface area contributed by atoms with Crippen molar-refractivity contribution >= 4 is 29.0 Å². The van der Waals surface area contributed by atoms with E-state index in [2.05, 4.69) is 15.4 Å². The number of benzene rings is 1. The first-order valence-corrected chi connectivity index (χ1v) is 9.16. The number of hydrogen-bond donors (Lipinski definition) is 2. The molecule has 11 nitrogen and oxygen atoms in total. The molecular weight excluding hydrogens is 388 g/mol. The molecule has 0 aromatic heterocycles. The SMILES string of the molecule is CCC(=NN=C(C)/C(C)=N\OCC#N)OCc1c(C)cccc1N(N)C(=O)N(C)N. The fraction of sp³-hybridized carbons (Fsp3) is 0.421. The minimum Gasteiger partial charge on any atom is -0.475 e. The third-order valence-corrected chi connectivity index (χ3v) is 4.00. The number of nitrogens with two attached hydrogens (primary N) is 2. The van der Waals surface area contributed by atoms with Crippen LogP contribution in [0.4, 0.5) is 10.5 Å². The van der Waals surface area contributed by atoms with E-state index in [1.165, 1.54) is 7.05 Å². The van der Waals surface area contributed by atoms with Gasteiger partial charge in [0.1, 0.15) is 12.7 Å². The Hall–Kier alpha value is -3.49. The number of oxime groups is 1. The first kappa shape index (κ1) is 24.5. The molecule has 4 N–H and O–H groups in total. The molecule has 0 fully saturated rings. The highest BCUT2D eigenvalue weighted by molar-refractivity contribution is 6.40. The second-order valence-electron chi connectivity index (χ2n) is 6.27. The van der Waals surface area contributed by atoms with Crippen molar-refractivity contribution in [3.8, 4) is 6.07 Å². The maximum atomic E-state index is 12.1. The topological polar surface area (TPSA) is 155 Å². The summed E-state index contributed by atoms with van der Waals surface area (Å²) in [4.78, 5) is 16.9. The van der Waals surface area contributed by atoms with Crippen LogP contribution < -0.4 is 16.7 Å². The van der Waals surface area contributed by atoms with Gasteiger partial charge in [-0.2, -0.15) is 10.4 Å². The molecule has 0 spiro atoms. The van der Waals surface area contributed by atoms with E-state index in [0.29, 0.717) is 29.4 Å². The summed E-state index contributed by atoms with van der Waals surface area (Å²) in [5.41, 5.74) is 3.10. The van der Waals surface area contributed by atoms with Crippen LogP contribution in [0.1, 0.15) is 38.3 Å². The Morgan fingerprint density at radius 1 is 1.23 bits per heavy atom. The van der Waals surface area contributed by atoms with E-state index in [-0.39, 0.29) is 13.2 Å². The monoisotopic (exact) mass is 416 g/mol. The fourth-order valence-electron chi connectivity index (χ4n) is 2.16. The molecule has 1 aromatic rings. The van der Waals surface area contributed by atoms with Crippen molar-refractivity contribution < 1.29 is 14.4 Å². The summed E-state index contributed by atoms with van der Waals surface area (Å²) in [5, 5.41) is 22.3. The van der Waals surface area contributed by atoms with Crippen molar-refractivity contribution in [1.29, 1.82) is 5.26 Å². The number of hydrazine groups is 2. The van der Waals surface area contributed by atoms with Crippen molar-refractivity contribution in [3.63, 3.8) is 0 Å². The predicted molar refractivity (Wildman–Crippen MR) is 115 cm³/mol. The average molecular weight is 416 g/mol. The molecule has 0 saturated carbocycles. The molecule has 0 heterocycles. The van der Waals surface area contributed by atoms with Crippen LogP contribution in [0, 0.1) is 18.3 Å². The summed E-state index contributed by atoms with van der Waals surface area (Å²) in [7, 11) is 1.41. The Labute approximate surface area is 176 Å². The number of anilines is 1. The van der Waals surface area contributed by atoms with Crippen LogP contribution in [0.3, 0.4) is 0 Å². The Bertz CT molecular complexity index is 871. The first-order chi connectivity index (χ1) is 14.2. The third-order valence-electron chi connectivity index (χ3n) is 4.00. The van der Waals surface area contributed by atoms with Gasteiger partial charge in [0, 0.05) is 19.0 Å². The van der Waals surface area contributed by atoms with Crippen LogP contribution in [0.15, 0.2) is 33.6 Å². The Kier molecular flexibility index (Phi) is 9.94. The number of amides is 2. The average Bonchev–Trinajstić information content (AvgIpc) is 2.73. The lowest BCUT2D eigenvalue weighted by Gasteiger charge is -2.24.